The lowest BCUT2D eigenvalue weighted by Gasteiger charge is -2.36. The zero-order valence-corrected chi connectivity index (χ0v) is 20.6. The average molecular weight is 450 g/mol. The van der Waals surface area contributed by atoms with E-state index in [2.05, 4.69) is 58.0 Å². The predicted molar refractivity (Wildman–Crippen MR) is 140 cm³/mol. The van der Waals surface area contributed by atoms with Crippen LogP contribution >= 0.6 is 11.8 Å². The lowest BCUT2D eigenvalue weighted by Crippen LogP contribution is -2.30. The summed E-state index contributed by atoms with van der Waals surface area (Å²) in [6.45, 7) is 8.25. The fraction of sp³-hybridized carbons (Fsp3) is 0.571. The van der Waals surface area contributed by atoms with Crippen LogP contribution in [0, 0.1) is 0 Å². The molecule has 0 bridgehead atoms. The maximum Gasteiger partial charge on any atom is 0.0554 e. The fourth-order valence-corrected chi connectivity index (χ4v) is 6.66. The Morgan fingerprint density at radius 3 is 1.69 bits per heavy atom. The number of fused-ring (bicyclic) bond motifs is 2. The quantitative estimate of drug-likeness (QED) is 0.398. The zero-order chi connectivity index (χ0) is 21.8. The summed E-state index contributed by atoms with van der Waals surface area (Å²) in [5, 5.41) is 0. The summed E-state index contributed by atoms with van der Waals surface area (Å²) in [5.74, 6) is 0. The van der Waals surface area contributed by atoms with Gasteiger partial charge >= 0.3 is 0 Å². The molecule has 2 saturated heterocycles. The van der Waals surface area contributed by atoms with E-state index < -0.39 is 0 Å². The Morgan fingerprint density at radius 1 is 0.656 bits per heavy atom. The monoisotopic (exact) mass is 449 g/mol. The number of anilines is 4. The van der Waals surface area contributed by atoms with Gasteiger partial charge in [0.25, 0.3) is 0 Å². The van der Waals surface area contributed by atoms with Crippen LogP contribution in [0.2, 0.25) is 0 Å². The third-order valence-corrected chi connectivity index (χ3v) is 8.46. The minimum Gasteiger partial charge on any atom is -0.372 e. The van der Waals surface area contributed by atoms with Gasteiger partial charge in [0.1, 0.15) is 0 Å². The molecule has 2 fully saturated rings. The van der Waals surface area contributed by atoms with E-state index in [1.54, 1.807) is 0 Å². The Labute approximate surface area is 199 Å². The number of piperidine rings is 2. The maximum absolute atomic E-state index is 2.61. The lowest BCUT2D eigenvalue weighted by molar-refractivity contribution is 0.577. The first-order valence-corrected chi connectivity index (χ1v) is 13.9. The molecule has 5 rings (SSSR count). The van der Waals surface area contributed by atoms with E-state index in [1.165, 1.54) is 123 Å². The van der Waals surface area contributed by atoms with Crippen molar-refractivity contribution < 1.29 is 0 Å². The Hall–Kier alpha value is -1.81. The molecular formula is C28H39N3S. The molecular weight excluding hydrogens is 410 g/mol. The highest BCUT2D eigenvalue weighted by Gasteiger charge is 2.25. The first kappa shape index (κ1) is 22.0. The van der Waals surface area contributed by atoms with Crippen LogP contribution in [-0.2, 0) is 0 Å². The summed E-state index contributed by atoms with van der Waals surface area (Å²) in [6.07, 6.45) is 13.3. The smallest absolute Gasteiger partial charge is 0.0554 e. The van der Waals surface area contributed by atoms with Gasteiger partial charge in [-0.15, -0.1) is 0 Å². The van der Waals surface area contributed by atoms with Crippen molar-refractivity contribution in [3.63, 3.8) is 0 Å². The van der Waals surface area contributed by atoms with Gasteiger partial charge in [0.2, 0.25) is 0 Å². The summed E-state index contributed by atoms with van der Waals surface area (Å²) >= 11 is 1.99. The van der Waals surface area contributed by atoms with Crippen LogP contribution in [0.1, 0.15) is 71.1 Å². The molecule has 0 radical (unpaired) electrons. The van der Waals surface area contributed by atoms with Crippen LogP contribution in [0.5, 0.6) is 0 Å². The van der Waals surface area contributed by atoms with Gasteiger partial charge in [-0.1, -0.05) is 37.9 Å². The van der Waals surface area contributed by atoms with Crippen molar-refractivity contribution >= 4 is 34.5 Å². The van der Waals surface area contributed by atoms with E-state index in [9.17, 15) is 0 Å². The van der Waals surface area contributed by atoms with E-state index in [0.29, 0.717) is 0 Å². The van der Waals surface area contributed by atoms with Gasteiger partial charge in [0.15, 0.2) is 0 Å². The molecule has 0 spiro atoms. The van der Waals surface area contributed by atoms with Gasteiger partial charge < -0.3 is 14.7 Å². The molecule has 0 atom stereocenters. The molecule has 0 unspecified atom stereocenters. The van der Waals surface area contributed by atoms with E-state index in [1.807, 2.05) is 11.8 Å². The zero-order valence-electron chi connectivity index (χ0n) is 19.8. The molecule has 3 aliphatic rings. The largest absolute Gasteiger partial charge is 0.372 e. The summed E-state index contributed by atoms with van der Waals surface area (Å²) in [4.78, 5) is 10.7. The van der Waals surface area contributed by atoms with Gasteiger partial charge in [-0.05, 0) is 81.3 Å². The first-order chi connectivity index (χ1) is 15.8. The van der Waals surface area contributed by atoms with Crippen molar-refractivity contribution in [2.45, 2.75) is 80.9 Å². The molecule has 32 heavy (non-hydrogen) atoms. The highest BCUT2D eigenvalue weighted by molar-refractivity contribution is 7.99. The number of rotatable bonds is 7. The van der Waals surface area contributed by atoms with Crippen molar-refractivity contribution in [2.24, 2.45) is 0 Å². The molecule has 4 heteroatoms. The maximum atomic E-state index is 2.61. The van der Waals surface area contributed by atoms with E-state index in [-0.39, 0.29) is 0 Å². The standard InChI is InChI=1S/C28H39N3S/c1-2-3-4-11-20-31-25-14-12-23(29-16-7-5-8-17-29)21-27(25)32-28-22-24(13-15-26(28)31)30-18-9-6-10-19-30/h12-15,21-22H,2-11,16-20H2,1H3. The highest BCUT2D eigenvalue weighted by Crippen LogP contribution is 2.50. The fourth-order valence-electron chi connectivity index (χ4n) is 5.50. The molecule has 0 amide bonds. The van der Waals surface area contributed by atoms with Crippen molar-refractivity contribution in [1.82, 2.24) is 0 Å². The molecule has 2 aromatic carbocycles. The summed E-state index contributed by atoms with van der Waals surface area (Å²) in [6, 6.07) is 14.5. The summed E-state index contributed by atoms with van der Waals surface area (Å²) in [5.41, 5.74) is 5.64. The second-order valence-electron chi connectivity index (χ2n) is 9.71. The minimum absolute atomic E-state index is 1.12. The van der Waals surface area contributed by atoms with Crippen LogP contribution in [0.3, 0.4) is 0 Å². The number of hydrogen-bond donors (Lipinski definition) is 0. The molecule has 0 N–H and O–H groups in total. The SMILES string of the molecule is CCCCCCN1c2ccc(N3CCCCC3)cc2Sc2cc(N3CCCCC3)ccc21. The predicted octanol–water partition coefficient (Wildman–Crippen LogP) is 7.85. The molecule has 172 valence electrons. The lowest BCUT2D eigenvalue weighted by atomic mass is 10.1. The Bertz CT molecular complexity index is 832. The normalized spacial score (nSPS) is 18.5. The number of hydrogen-bond acceptors (Lipinski definition) is 4. The van der Waals surface area contributed by atoms with E-state index in [4.69, 9.17) is 0 Å². The van der Waals surface area contributed by atoms with Crippen LogP contribution in [0.15, 0.2) is 46.2 Å². The molecule has 0 aliphatic carbocycles. The topological polar surface area (TPSA) is 9.72 Å². The third-order valence-electron chi connectivity index (χ3n) is 7.37. The van der Waals surface area contributed by atoms with Crippen LogP contribution < -0.4 is 14.7 Å². The second kappa shape index (κ2) is 10.4. The van der Waals surface area contributed by atoms with Gasteiger partial charge in [-0.2, -0.15) is 0 Å². The Morgan fingerprint density at radius 2 is 1.19 bits per heavy atom. The molecule has 3 aliphatic heterocycles. The molecule has 0 aromatic heterocycles. The Kier molecular flexibility index (Phi) is 7.16. The number of nitrogens with zero attached hydrogens (tertiary/aromatic N) is 3. The van der Waals surface area contributed by atoms with Gasteiger partial charge in [-0.25, -0.2) is 0 Å². The van der Waals surface area contributed by atoms with E-state index in [0.717, 1.165) is 6.54 Å². The highest BCUT2D eigenvalue weighted by atomic mass is 32.2. The van der Waals surface area contributed by atoms with Crippen LogP contribution in [0.4, 0.5) is 22.7 Å². The average Bonchev–Trinajstić information content (AvgIpc) is 2.86. The molecule has 0 saturated carbocycles. The van der Waals surface area contributed by atoms with E-state index >= 15 is 0 Å². The van der Waals surface area contributed by atoms with Crippen molar-refractivity contribution in [3.05, 3.63) is 36.4 Å². The van der Waals surface area contributed by atoms with Gasteiger partial charge in [0, 0.05) is 53.9 Å². The molecule has 3 heterocycles. The van der Waals surface area contributed by atoms with Crippen LogP contribution in [0.25, 0.3) is 0 Å². The summed E-state index contributed by atoms with van der Waals surface area (Å²) in [7, 11) is 0. The first-order valence-electron chi connectivity index (χ1n) is 13.1. The number of benzene rings is 2. The Balaban J connectivity index is 1.44. The minimum atomic E-state index is 1.12. The number of unbranched alkanes of at least 4 members (excludes halogenated alkanes) is 3. The summed E-state index contributed by atoms with van der Waals surface area (Å²) < 4.78 is 0. The van der Waals surface area contributed by atoms with Crippen LogP contribution in [-0.4, -0.2) is 32.7 Å². The van der Waals surface area contributed by atoms with Gasteiger partial charge in [0.05, 0.1) is 11.4 Å². The molecule has 3 nitrogen and oxygen atoms in total. The second-order valence-corrected chi connectivity index (χ2v) is 10.8. The van der Waals surface area contributed by atoms with Crippen molar-refractivity contribution in [3.8, 4) is 0 Å². The van der Waals surface area contributed by atoms with Crippen molar-refractivity contribution in [2.75, 3.05) is 47.4 Å². The van der Waals surface area contributed by atoms with Gasteiger partial charge in [-0.3, -0.25) is 0 Å². The van der Waals surface area contributed by atoms with Crippen molar-refractivity contribution in [1.29, 1.82) is 0 Å². The third kappa shape index (κ3) is 4.76. The molecule has 2 aromatic rings.